The van der Waals surface area contributed by atoms with Crippen molar-refractivity contribution in [3.8, 4) is 5.88 Å². The number of benzene rings is 2. The van der Waals surface area contributed by atoms with E-state index in [9.17, 15) is 18.0 Å². The third-order valence-electron chi connectivity index (χ3n) is 8.61. The van der Waals surface area contributed by atoms with Crippen molar-refractivity contribution in [1.29, 1.82) is 0 Å². The molecule has 0 aliphatic carbocycles. The summed E-state index contributed by atoms with van der Waals surface area (Å²) in [6.07, 6.45) is 0.0620. The van der Waals surface area contributed by atoms with E-state index in [0.717, 1.165) is 5.56 Å². The molecule has 1 fully saturated rings. The summed E-state index contributed by atoms with van der Waals surface area (Å²) in [5, 5.41) is 3.27. The van der Waals surface area contributed by atoms with Crippen molar-refractivity contribution >= 4 is 54.7 Å². The van der Waals surface area contributed by atoms with Gasteiger partial charge in [-0.1, -0.05) is 41.7 Å². The highest BCUT2D eigenvalue weighted by atomic mass is 32.2. The van der Waals surface area contributed by atoms with Gasteiger partial charge in [-0.15, -0.1) is 0 Å². The van der Waals surface area contributed by atoms with Crippen molar-refractivity contribution in [2.45, 2.75) is 23.3 Å². The number of sulfonamides is 1. The van der Waals surface area contributed by atoms with Gasteiger partial charge in [-0.05, 0) is 55.9 Å². The van der Waals surface area contributed by atoms with Gasteiger partial charge in [-0.2, -0.15) is 4.31 Å². The summed E-state index contributed by atoms with van der Waals surface area (Å²) in [4.78, 5) is 41.2. The van der Waals surface area contributed by atoms with E-state index >= 15 is 0 Å². The van der Waals surface area contributed by atoms with Gasteiger partial charge in [0.15, 0.2) is 5.13 Å². The molecule has 6 rings (SSSR count). The summed E-state index contributed by atoms with van der Waals surface area (Å²) in [5.74, 6) is 0.445. The Morgan fingerprint density at radius 2 is 1.81 bits per heavy atom. The Morgan fingerprint density at radius 1 is 1.02 bits per heavy atom. The van der Waals surface area contributed by atoms with Crippen LogP contribution in [-0.2, 0) is 26.7 Å². The largest absolute Gasteiger partial charge is 0.481 e. The zero-order valence-electron chi connectivity index (χ0n) is 26.7. The number of ether oxygens (including phenoxy) is 2. The van der Waals surface area contributed by atoms with Crippen molar-refractivity contribution in [3.63, 3.8) is 0 Å². The van der Waals surface area contributed by atoms with E-state index in [1.807, 2.05) is 49.3 Å². The Balaban J connectivity index is 1.35. The lowest BCUT2D eigenvalue weighted by Crippen LogP contribution is -2.41. The van der Waals surface area contributed by atoms with Crippen molar-refractivity contribution in [3.05, 3.63) is 71.8 Å². The van der Waals surface area contributed by atoms with Crippen LogP contribution in [0.15, 0.2) is 65.6 Å². The maximum absolute atomic E-state index is 14.3. The average molecular weight is 680 g/mol. The number of urea groups is 1. The third-order valence-corrected chi connectivity index (χ3v) is 11.3. The van der Waals surface area contributed by atoms with E-state index in [-0.39, 0.29) is 24.5 Å². The molecule has 0 saturated carbocycles. The minimum atomic E-state index is -3.95. The van der Waals surface area contributed by atoms with Crippen LogP contribution in [0.4, 0.5) is 20.4 Å². The molecule has 0 unspecified atom stereocenters. The number of anilines is 2. The predicted molar refractivity (Wildman–Crippen MR) is 180 cm³/mol. The van der Waals surface area contributed by atoms with Crippen LogP contribution >= 0.6 is 11.3 Å². The Morgan fingerprint density at radius 3 is 2.53 bits per heavy atom. The molecule has 1 saturated heterocycles. The molecule has 4 heterocycles. The molecule has 0 bridgehead atoms. The molecule has 4 aromatic rings. The van der Waals surface area contributed by atoms with Gasteiger partial charge >= 0.3 is 12.1 Å². The number of carbonyl (C=O) groups is 2. The molecule has 3 amide bonds. The number of likely N-dealkylation sites (N-methyl/N-ethyl adjacent to an activating group) is 1. The topological polar surface area (TPSA) is 138 Å². The van der Waals surface area contributed by atoms with Gasteiger partial charge in [0.2, 0.25) is 15.9 Å². The zero-order chi connectivity index (χ0) is 33.3. The number of hydrogen-bond donors (Lipinski definition) is 1. The van der Waals surface area contributed by atoms with Crippen molar-refractivity contribution in [1.82, 2.24) is 24.1 Å². The zero-order valence-corrected chi connectivity index (χ0v) is 28.3. The van der Waals surface area contributed by atoms with Crippen LogP contribution in [-0.4, -0.2) is 106 Å². The molecule has 2 aromatic carbocycles. The number of likely N-dealkylation sites (tertiary alicyclic amines) is 1. The molecule has 2 aromatic heterocycles. The fraction of sp³-hybridized carbons (Fsp3) is 0.375. The van der Waals surface area contributed by atoms with Gasteiger partial charge in [0.1, 0.15) is 10.3 Å². The maximum atomic E-state index is 14.3. The molecule has 47 heavy (non-hydrogen) atoms. The first-order chi connectivity index (χ1) is 22.5. The highest BCUT2D eigenvalue weighted by molar-refractivity contribution is 7.89. The first-order valence-electron chi connectivity index (χ1n) is 15.1. The van der Waals surface area contributed by atoms with E-state index in [1.165, 1.54) is 29.9 Å². The van der Waals surface area contributed by atoms with Crippen LogP contribution in [0.3, 0.4) is 0 Å². The molecule has 2 aliphatic heterocycles. The minimum absolute atomic E-state index is 0.135. The fourth-order valence-electron chi connectivity index (χ4n) is 6.15. The minimum Gasteiger partial charge on any atom is -0.481 e. The van der Waals surface area contributed by atoms with Crippen LogP contribution in [0.5, 0.6) is 5.88 Å². The molecule has 13 nitrogen and oxygen atoms in total. The van der Waals surface area contributed by atoms with E-state index in [0.29, 0.717) is 58.7 Å². The second-order valence-corrected chi connectivity index (χ2v) is 14.9. The maximum Gasteiger partial charge on any atom is 0.409 e. The Kier molecular flexibility index (Phi) is 9.07. The number of nitrogens with one attached hydrogen (secondary N) is 1. The van der Waals surface area contributed by atoms with Crippen LogP contribution in [0.25, 0.3) is 10.3 Å². The van der Waals surface area contributed by atoms with E-state index < -0.39 is 27.6 Å². The fourth-order valence-corrected chi connectivity index (χ4v) is 8.42. The second-order valence-electron chi connectivity index (χ2n) is 11.9. The van der Waals surface area contributed by atoms with Gasteiger partial charge in [0, 0.05) is 56.4 Å². The summed E-state index contributed by atoms with van der Waals surface area (Å²) < 4.78 is 40.2. The monoisotopic (exact) mass is 679 g/mol. The number of fused-ring (bicyclic) bond motifs is 3. The SMILES string of the molecule is COC(=O)N1CC[C@@]2(C1)CN(C(=O)Nc1nc3ccc(OC)nc3s1)c1ccc(S(=O)(=O)N(CCN(C)C)Cc3ccccc3)cc12. The lowest BCUT2D eigenvalue weighted by Gasteiger charge is -2.26. The lowest BCUT2D eigenvalue weighted by atomic mass is 9.81. The number of aromatic nitrogens is 2. The number of pyridine rings is 1. The van der Waals surface area contributed by atoms with E-state index in [4.69, 9.17) is 9.47 Å². The highest BCUT2D eigenvalue weighted by Crippen LogP contribution is 2.48. The predicted octanol–water partition coefficient (Wildman–Crippen LogP) is 4.21. The van der Waals surface area contributed by atoms with Crippen LogP contribution in [0.1, 0.15) is 17.5 Å². The molecule has 2 aliphatic rings. The van der Waals surface area contributed by atoms with Crippen molar-refractivity contribution in [2.75, 3.05) is 71.3 Å². The molecular weight excluding hydrogens is 643 g/mol. The summed E-state index contributed by atoms with van der Waals surface area (Å²) in [7, 11) is 2.72. The van der Waals surface area contributed by atoms with Gasteiger partial charge < -0.3 is 19.3 Å². The smallest absolute Gasteiger partial charge is 0.409 e. The standard InChI is InChI=1S/C32H37N7O6S2/c1-36(2)16-17-38(19-22-8-6-5-7-9-22)47(42,43)23-10-12-26-24(18-23)32(14-15-37(20-32)31(41)45-4)21-39(26)30(40)35-29-33-25-11-13-27(44-3)34-28(25)46-29/h5-13,18H,14-17,19-21H2,1-4H3,(H,33,35,40)/t32-/m1/s1. The molecular formula is C32H37N7O6S2. The van der Waals surface area contributed by atoms with Crippen LogP contribution in [0.2, 0.25) is 0 Å². The number of amides is 3. The molecule has 15 heteroatoms. The third kappa shape index (κ3) is 6.48. The molecule has 1 N–H and O–H groups in total. The Hall–Kier alpha value is -4.31. The van der Waals surface area contributed by atoms with Crippen molar-refractivity contribution < 1.29 is 27.5 Å². The summed E-state index contributed by atoms with van der Waals surface area (Å²) >= 11 is 1.22. The van der Waals surface area contributed by atoms with E-state index in [2.05, 4.69) is 15.3 Å². The number of hydrogen-bond acceptors (Lipinski definition) is 10. The second kappa shape index (κ2) is 13.1. The first kappa shape index (κ1) is 32.6. The van der Waals surface area contributed by atoms with Crippen LogP contribution in [0, 0.1) is 0 Å². The van der Waals surface area contributed by atoms with Crippen molar-refractivity contribution in [2.24, 2.45) is 0 Å². The molecule has 1 atom stereocenters. The van der Waals surface area contributed by atoms with Gasteiger partial charge in [-0.3, -0.25) is 10.2 Å². The number of thiazole rings is 1. The number of methoxy groups -OCH3 is 2. The molecule has 1 spiro atoms. The number of nitrogens with zero attached hydrogens (tertiary/aromatic N) is 6. The Bertz CT molecular complexity index is 1900. The summed E-state index contributed by atoms with van der Waals surface area (Å²) in [5.41, 5.74) is 2.09. The molecule has 0 radical (unpaired) electrons. The van der Waals surface area contributed by atoms with Crippen LogP contribution < -0.4 is 15.0 Å². The van der Waals surface area contributed by atoms with E-state index in [1.54, 1.807) is 40.1 Å². The number of rotatable bonds is 9. The summed E-state index contributed by atoms with van der Waals surface area (Å²) in [6, 6.07) is 17.5. The lowest BCUT2D eigenvalue weighted by molar-refractivity contribution is 0.131. The normalized spacial score (nSPS) is 17.6. The summed E-state index contributed by atoms with van der Waals surface area (Å²) in [6.45, 7) is 1.98. The number of carbonyl (C=O) groups excluding carboxylic acids is 2. The van der Waals surface area contributed by atoms with Gasteiger partial charge in [0.25, 0.3) is 0 Å². The quantitative estimate of drug-likeness (QED) is 0.276. The average Bonchev–Trinajstić information content (AvgIpc) is 3.77. The first-order valence-corrected chi connectivity index (χ1v) is 17.3. The van der Waals surface area contributed by atoms with Gasteiger partial charge in [-0.25, -0.2) is 28.0 Å². The highest BCUT2D eigenvalue weighted by Gasteiger charge is 2.50. The van der Waals surface area contributed by atoms with Gasteiger partial charge in [0.05, 0.1) is 19.1 Å². The molecule has 248 valence electrons. The Labute approximate surface area is 277 Å².